The summed E-state index contributed by atoms with van der Waals surface area (Å²) in [5, 5.41) is 10.1. The van der Waals surface area contributed by atoms with E-state index in [0.717, 1.165) is 87.3 Å². The van der Waals surface area contributed by atoms with Crippen molar-refractivity contribution < 1.29 is 41.9 Å². The molecule has 3 N–H and O–H groups in total. The summed E-state index contributed by atoms with van der Waals surface area (Å²) in [5.41, 5.74) is 2.85. The number of carbonyl (C=O) groups is 6. The van der Waals surface area contributed by atoms with E-state index in [9.17, 15) is 41.9 Å². The number of benzene rings is 3. The molecule has 0 aromatic heterocycles. The zero-order valence-electron chi connectivity index (χ0n) is 49.5. The largest absolute Gasteiger partial charge is 0.350 e. The quantitative estimate of drug-likeness (QED) is 0.103. The number of nitrogens with zero attached hydrogens (tertiary/aromatic N) is 3. The zero-order chi connectivity index (χ0) is 58.4. The third-order valence-corrected chi connectivity index (χ3v) is 20.9. The fourth-order valence-corrected chi connectivity index (χ4v) is 16.4. The summed E-state index contributed by atoms with van der Waals surface area (Å²) in [7, 11) is 0. The van der Waals surface area contributed by atoms with E-state index in [1.807, 2.05) is 14.7 Å². The van der Waals surface area contributed by atoms with E-state index in [0.29, 0.717) is 70.0 Å². The SMILES string of the molecule is CCC[C@H]1CN(C(=O)[C@@H]2C[C@H]2c2ccc(F)cc2)[C@@H](CC(C)CC2CCCC([C@H]3CN(C(=O)[C@@H]4C[C@H]4c4ccc(F)cc4)[C@@H](CC(C)CC4CCC([C@H]5CN(C(=O)[C@@H]6C[C@H]6c6ccc(F)cc6)[C@@H](CC(C)C)C(=O)N5)C4)C(=O)N3)C2)C(=O)N1. The van der Waals surface area contributed by atoms with Gasteiger partial charge >= 0.3 is 0 Å². The van der Waals surface area contributed by atoms with Gasteiger partial charge in [-0.15, -0.1) is 0 Å². The number of nitrogens with one attached hydrogen (secondary N) is 3. The molecule has 18 atom stereocenters. The number of carbonyl (C=O) groups excluding carboxylic acids is 6. The first-order valence-corrected chi connectivity index (χ1v) is 32.0. The molecule has 83 heavy (non-hydrogen) atoms. The fourth-order valence-electron chi connectivity index (χ4n) is 16.4. The lowest BCUT2D eigenvalue weighted by atomic mass is 9.73. The van der Waals surface area contributed by atoms with Gasteiger partial charge in [0.1, 0.15) is 35.6 Å². The molecule has 0 bridgehead atoms. The van der Waals surface area contributed by atoms with Crippen LogP contribution in [0.15, 0.2) is 72.8 Å². The molecule has 3 aromatic rings. The number of rotatable bonds is 20. The number of piperazine rings is 3. The molecule has 3 heterocycles. The van der Waals surface area contributed by atoms with Crippen molar-refractivity contribution in [2.75, 3.05) is 19.6 Å². The van der Waals surface area contributed by atoms with Crippen molar-refractivity contribution >= 4 is 35.4 Å². The molecule has 5 saturated carbocycles. The second kappa shape index (κ2) is 25.1. The van der Waals surface area contributed by atoms with E-state index >= 15 is 0 Å². The molecule has 3 aliphatic heterocycles. The lowest BCUT2D eigenvalue weighted by molar-refractivity contribution is -0.147. The molecule has 8 aliphatic rings. The van der Waals surface area contributed by atoms with E-state index in [2.05, 4.69) is 50.6 Å². The monoisotopic (exact) mass is 1140 g/mol. The number of hydrogen-bond donors (Lipinski definition) is 3. The highest BCUT2D eigenvalue weighted by Gasteiger charge is 2.54. The van der Waals surface area contributed by atoms with Crippen LogP contribution in [-0.2, 0) is 28.8 Å². The van der Waals surface area contributed by atoms with Gasteiger partial charge in [-0.25, -0.2) is 13.2 Å². The van der Waals surface area contributed by atoms with Gasteiger partial charge < -0.3 is 30.7 Å². The number of halogens is 3. The highest BCUT2D eigenvalue weighted by molar-refractivity contribution is 5.93. The Labute approximate surface area is 489 Å². The van der Waals surface area contributed by atoms with Crippen LogP contribution in [-0.4, -0.2) is 106 Å². The molecular formula is C68H89F3N6O6. The zero-order valence-corrected chi connectivity index (χ0v) is 49.5. The van der Waals surface area contributed by atoms with E-state index in [-0.39, 0.29) is 136 Å². The van der Waals surface area contributed by atoms with Crippen molar-refractivity contribution in [1.82, 2.24) is 30.7 Å². The molecule has 448 valence electrons. The van der Waals surface area contributed by atoms with Crippen molar-refractivity contribution in [2.24, 2.45) is 59.2 Å². The second-order valence-electron chi connectivity index (χ2n) is 27.8. The van der Waals surface area contributed by atoms with Crippen molar-refractivity contribution in [3.8, 4) is 0 Å². The maximum absolute atomic E-state index is 14.9. The van der Waals surface area contributed by atoms with Gasteiger partial charge in [0, 0.05) is 55.5 Å². The van der Waals surface area contributed by atoms with E-state index in [1.54, 1.807) is 36.4 Å². The Morgan fingerprint density at radius 2 is 0.867 bits per heavy atom. The van der Waals surface area contributed by atoms with Crippen LogP contribution in [0.25, 0.3) is 0 Å². The van der Waals surface area contributed by atoms with Crippen molar-refractivity contribution in [3.05, 3.63) is 107 Å². The summed E-state index contributed by atoms with van der Waals surface area (Å²) >= 11 is 0. The Kier molecular flexibility index (Phi) is 17.8. The maximum Gasteiger partial charge on any atom is 0.243 e. The van der Waals surface area contributed by atoms with Crippen LogP contribution in [0.3, 0.4) is 0 Å². The van der Waals surface area contributed by atoms with Crippen molar-refractivity contribution in [1.29, 1.82) is 0 Å². The normalized spacial score (nSPS) is 33.9. The predicted octanol–water partition coefficient (Wildman–Crippen LogP) is 10.8. The number of amides is 6. The average molecular weight is 1140 g/mol. The van der Waals surface area contributed by atoms with Crippen LogP contribution in [0.1, 0.15) is 178 Å². The Balaban J connectivity index is 0.720. The summed E-state index contributed by atoms with van der Waals surface area (Å²) in [4.78, 5) is 91.6. The Bertz CT molecular complexity index is 2830. The van der Waals surface area contributed by atoms with Crippen molar-refractivity contribution in [3.63, 3.8) is 0 Å². The molecule has 12 nitrogen and oxygen atoms in total. The van der Waals surface area contributed by atoms with Gasteiger partial charge in [-0.3, -0.25) is 28.8 Å². The molecule has 11 rings (SSSR count). The van der Waals surface area contributed by atoms with Gasteiger partial charge in [0.25, 0.3) is 0 Å². The molecule has 5 aliphatic carbocycles. The molecular weight excluding hydrogens is 1050 g/mol. The molecule has 0 spiro atoms. The van der Waals surface area contributed by atoms with Gasteiger partial charge in [-0.1, -0.05) is 96.7 Å². The molecule has 3 aromatic carbocycles. The maximum atomic E-state index is 14.9. The lowest BCUT2D eigenvalue weighted by Crippen LogP contribution is -2.64. The van der Waals surface area contributed by atoms with Gasteiger partial charge in [-0.2, -0.15) is 0 Å². The summed E-state index contributed by atoms with van der Waals surface area (Å²) < 4.78 is 41.5. The van der Waals surface area contributed by atoms with Crippen LogP contribution >= 0.6 is 0 Å². The Morgan fingerprint density at radius 3 is 1.29 bits per heavy atom. The van der Waals surface area contributed by atoms with Crippen LogP contribution in [0.4, 0.5) is 13.2 Å². The summed E-state index contributed by atoms with van der Waals surface area (Å²) in [6.45, 7) is 12.0. The van der Waals surface area contributed by atoms with E-state index in [4.69, 9.17) is 0 Å². The van der Waals surface area contributed by atoms with Gasteiger partial charge in [-0.05, 0) is 196 Å². The minimum atomic E-state index is -0.623. The van der Waals surface area contributed by atoms with Crippen LogP contribution in [0, 0.1) is 76.6 Å². The first-order chi connectivity index (χ1) is 39.9. The molecule has 0 radical (unpaired) electrons. The second-order valence-corrected chi connectivity index (χ2v) is 27.8. The third kappa shape index (κ3) is 13.5. The minimum Gasteiger partial charge on any atom is -0.350 e. The lowest BCUT2D eigenvalue weighted by Gasteiger charge is -2.45. The fraction of sp³-hybridized carbons (Fsp3) is 0.647. The summed E-state index contributed by atoms with van der Waals surface area (Å²) in [6, 6.07) is 17.1. The summed E-state index contributed by atoms with van der Waals surface area (Å²) in [5.74, 6) is -0.262. The Morgan fingerprint density at radius 1 is 0.482 bits per heavy atom. The van der Waals surface area contributed by atoms with Crippen LogP contribution in [0.5, 0.6) is 0 Å². The van der Waals surface area contributed by atoms with E-state index in [1.165, 1.54) is 36.4 Å². The highest BCUT2D eigenvalue weighted by atomic mass is 19.1. The van der Waals surface area contributed by atoms with Crippen molar-refractivity contribution in [2.45, 2.75) is 198 Å². The standard InChI is InChI=1S/C68H89F3N6O6/c1-6-8-51-35-75(66(81)55-32-52(55)43-13-19-48(69)20-14-43)61(63(78)72-51)28-39(4)26-41-9-7-10-46(30-41)58-36-77(68(83)57-34-54(57)45-17-23-50(71)24-18-45)62(65(80)73-58)29-40(5)27-42-11-12-47(31-42)59-37-76(60(25-38(2)3)64(79)74-59)67(82)56-33-53(56)44-15-21-49(70)22-16-44/h13-24,38-42,46-47,51-62H,6-12,25-37H2,1-5H3,(H,72,78)(H,73,80)(H,74,79)/t39?,40?,41?,42?,46?,47?,51-,52-,53-,54-,55+,56+,57+,58+,59+,60-,61-,62-/m0/s1. The summed E-state index contributed by atoms with van der Waals surface area (Å²) in [6.07, 6.45) is 13.9. The minimum absolute atomic E-state index is 0.00222. The first kappa shape index (κ1) is 59.0. The number of hydrogen-bond acceptors (Lipinski definition) is 6. The predicted molar refractivity (Wildman–Crippen MR) is 311 cm³/mol. The Hall–Kier alpha value is -5.73. The third-order valence-electron chi connectivity index (χ3n) is 20.9. The van der Waals surface area contributed by atoms with Crippen LogP contribution in [0.2, 0.25) is 0 Å². The molecule has 6 unspecified atom stereocenters. The molecule has 15 heteroatoms. The molecule has 8 fully saturated rings. The topological polar surface area (TPSA) is 148 Å². The van der Waals surface area contributed by atoms with Gasteiger partial charge in [0.05, 0.1) is 0 Å². The first-order valence-electron chi connectivity index (χ1n) is 32.0. The average Bonchev–Trinajstić information content (AvgIpc) is 4.57. The van der Waals surface area contributed by atoms with Gasteiger partial charge in [0.15, 0.2) is 0 Å². The highest BCUT2D eigenvalue weighted by Crippen LogP contribution is 2.52. The van der Waals surface area contributed by atoms with Gasteiger partial charge in [0.2, 0.25) is 35.4 Å². The molecule has 3 saturated heterocycles. The van der Waals surface area contributed by atoms with E-state index < -0.39 is 18.1 Å². The molecule has 6 amide bonds. The van der Waals surface area contributed by atoms with Crippen LogP contribution < -0.4 is 16.0 Å². The smallest absolute Gasteiger partial charge is 0.243 e.